The molecular formula is C20H15F2N5. The average molecular weight is 363 g/mol. The summed E-state index contributed by atoms with van der Waals surface area (Å²) in [6.45, 7) is 1.82. The van der Waals surface area contributed by atoms with Gasteiger partial charge in [-0.15, -0.1) is 0 Å². The topological polar surface area (TPSA) is 62.7 Å². The van der Waals surface area contributed by atoms with Gasteiger partial charge in [0.05, 0.1) is 11.2 Å². The lowest BCUT2D eigenvalue weighted by molar-refractivity contribution is 0.509. The van der Waals surface area contributed by atoms with E-state index < -0.39 is 11.6 Å². The van der Waals surface area contributed by atoms with Crippen molar-refractivity contribution in [3.8, 4) is 0 Å². The van der Waals surface area contributed by atoms with Crippen LogP contribution in [0.5, 0.6) is 0 Å². The van der Waals surface area contributed by atoms with Gasteiger partial charge in [-0.1, -0.05) is 18.2 Å². The minimum absolute atomic E-state index is 0.373. The van der Waals surface area contributed by atoms with Crippen LogP contribution in [0, 0.1) is 18.6 Å². The number of benzene rings is 2. The average Bonchev–Trinajstić information content (AvgIpc) is 2.65. The lowest BCUT2D eigenvalue weighted by Crippen LogP contribution is -2.03. The third kappa shape index (κ3) is 3.67. The summed E-state index contributed by atoms with van der Waals surface area (Å²) in [5.41, 5.74) is 2.69. The van der Waals surface area contributed by atoms with E-state index in [4.69, 9.17) is 0 Å². The third-order valence-electron chi connectivity index (χ3n) is 3.93. The summed E-state index contributed by atoms with van der Waals surface area (Å²) in [7, 11) is 0. The first-order chi connectivity index (χ1) is 13.1. The number of rotatable bonds is 4. The van der Waals surface area contributed by atoms with Crippen molar-refractivity contribution in [2.45, 2.75) is 6.92 Å². The van der Waals surface area contributed by atoms with Gasteiger partial charge < -0.3 is 10.6 Å². The molecule has 0 saturated carbocycles. The molecule has 27 heavy (non-hydrogen) atoms. The molecule has 5 nitrogen and oxygen atoms in total. The summed E-state index contributed by atoms with van der Waals surface area (Å²) in [5, 5.41) is 7.13. The van der Waals surface area contributed by atoms with E-state index in [1.165, 1.54) is 6.07 Å². The minimum atomic E-state index is -0.925. The fourth-order valence-corrected chi connectivity index (χ4v) is 2.74. The quantitative estimate of drug-likeness (QED) is 0.528. The number of aromatic nitrogens is 3. The number of nitrogens with zero attached hydrogens (tertiary/aromatic N) is 3. The molecule has 0 saturated heterocycles. The van der Waals surface area contributed by atoms with Crippen molar-refractivity contribution in [3.63, 3.8) is 0 Å². The van der Waals surface area contributed by atoms with Crippen molar-refractivity contribution in [1.82, 2.24) is 15.0 Å². The Hall–Kier alpha value is -3.61. The van der Waals surface area contributed by atoms with Gasteiger partial charge in [-0.25, -0.2) is 13.8 Å². The number of nitrogens with one attached hydrogen (secondary N) is 2. The van der Waals surface area contributed by atoms with Crippen molar-refractivity contribution in [2.24, 2.45) is 0 Å². The molecule has 2 aromatic carbocycles. The van der Waals surface area contributed by atoms with Crippen molar-refractivity contribution in [1.29, 1.82) is 0 Å². The number of aryl methyl sites for hydroxylation is 1. The molecule has 2 aromatic heterocycles. The van der Waals surface area contributed by atoms with Crippen LogP contribution >= 0.6 is 0 Å². The second kappa shape index (κ2) is 6.95. The molecule has 0 aliphatic rings. The Morgan fingerprint density at radius 1 is 0.852 bits per heavy atom. The van der Waals surface area contributed by atoms with E-state index in [2.05, 4.69) is 25.6 Å². The molecule has 0 fully saturated rings. The lowest BCUT2D eigenvalue weighted by atomic mass is 10.2. The minimum Gasteiger partial charge on any atom is -0.340 e. The number of hydrogen-bond donors (Lipinski definition) is 2. The van der Waals surface area contributed by atoms with Crippen molar-refractivity contribution < 1.29 is 8.78 Å². The van der Waals surface area contributed by atoms with E-state index in [0.29, 0.717) is 23.1 Å². The number of anilines is 4. The van der Waals surface area contributed by atoms with Crippen LogP contribution in [0.15, 0.2) is 60.8 Å². The second-order valence-electron chi connectivity index (χ2n) is 5.98. The monoisotopic (exact) mass is 363 g/mol. The highest BCUT2D eigenvalue weighted by molar-refractivity contribution is 5.91. The van der Waals surface area contributed by atoms with E-state index in [0.717, 1.165) is 28.7 Å². The lowest BCUT2D eigenvalue weighted by Gasteiger charge is -2.11. The fraction of sp³-hybridized carbons (Fsp3) is 0.0500. The number of halogens is 2. The predicted octanol–water partition coefficient (Wildman–Crippen LogP) is 5.10. The molecule has 0 radical (unpaired) electrons. The second-order valence-corrected chi connectivity index (χ2v) is 5.98. The number of pyridine rings is 1. The van der Waals surface area contributed by atoms with Crippen LogP contribution in [0.1, 0.15) is 5.69 Å². The molecule has 4 rings (SSSR count). The Bertz CT molecular complexity index is 1130. The Kier molecular flexibility index (Phi) is 4.33. The Labute approximate surface area is 154 Å². The Balaban J connectivity index is 1.65. The smallest absolute Gasteiger partial charge is 0.229 e. The molecule has 0 unspecified atom stereocenters. The summed E-state index contributed by atoms with van der Waals surface area (Å²) in [5.74, 6) is -0.987. The number of hydrogen-bond acceptors (Lipinski definition) is 5. The molecular weight excluding hydrogens is 348 g/mol. The zero-order chi connectivity index (χ0) is 18.8. The van der Waals surface area contributed by atoms with E-state index in [1.54, 1.807) is 12.3 Å². The first-order valence-electron chi connectivity index (χ1n) is 8.27. The van der Waals surface area contributed by atoms with E-state index in [1.807, 2.05) is 37.3 Å². The summed E-state index contributed by atoms with van der Waals surface area (Å²) < 4.78 is 26.5. The van der Waals surface area contributed by atoms with Crippen molar-refractivity contribution in [2.75, 3.05) is 10.6 Å². The van der Waals surface area contributed by atoms with E-state index >= 15 is 0 Å². The standard InChI is InChI=1S/C20H15F2N5/c1-12-10-18(25-14-7-8-15(21)16(22)11-14)27-20(24-12)26-17-6-2-4-13-5-3-9-23-19(13)17/h2-11H,1H3,(H2,24,25,26,27). The van der Waals surface area contributed by atoms with Crippen LogP contribution < -0.4 is 10.6 Å². The molecule has 2 heterocycles. The van der Waals surface area contributed by atoms with Crippen molar-refractivity contribution in [3.05, 3.63) is 78.1 Å². The highest BCUT2D eigenvalue weighted by Gasteiger charge is 2.08. The van der Waals surface area contributed by atoms with Crippen LogP contribution in [-0.2, 0) is 0 Å². The van der Waals surface area contributed by atoms with Crippen LogP contribution in [0.25, 0.3) is 10.9 Å². The highest BCUT2D eigenvalue weighted by Crippen LogP contribution is 2.25. The van der Waals surface area contributed by atoms with E-state index in [-0.39, 0.29) is 0 Å². The fourth-order valence-electron chi connectivity index (χ4n) is 2.74. The van der Waals surface area contributed by atoms with Crippen LogP contribution in [0.3, 0.4) is 0 Å². The summed E-state index contributed by atoms with van der Waals surface area (Å²) in [4.78, 5) is 13.2. The normalized spacial score (nSPS) is 10.8. The molecule has 134 valence electrons. The molecule has 2 N–H and O–H groups in total. The van der Waals surface area contributed by atoms with Gasteiger partial charge in [0, 0.05) is 35.1 Å². The molecule has 0 amide bonds. The predicted molar refractivity (Wildman–Crippen MR) is 101 cm³/mol. The van der Waals surface area contributed by atoms with Crippen LogP contribution in [0.2, 0.25) is 0 Å². The zero-order valence-corrected chi connectivity index (χ0v) is 14.4. The molecule has 7 heteroatoms. The molecule has 4 aromatic rings. The van der Waals surface area contributed by atoms with Crippen LogP contribution in [0.4, 0.5) is 31.9 Å². The van der Waals surface area contributed by atoms with E-state index in [9.17, 15) is 8.78 Å². The van der Waals surface area contributed by atoms with Crippen molar-refractivity contribution >= 4 is 34.0 Å². The van der Waals surface area contributed by atoms with Gasteiger partial charge in [0.15, 0.2) is 11.6 Å². The van der Waals surface area contributed by atoms with Gasteiger partial charge in [0.1, 0.15) is 5.82 Å². The zero-order valence-electron chi connectivity index (χ0n) is 14.4. The molecule has 0 spiro atoms. The Morgan fingerprint density at radius 2 is 1.70 bits per heavy atom. The largest absolute Gasteiger partial charge is 0.340 e. The maximum Gasteiger partial charge on any atom is 0.229 e. The van der Waals surface area contributed by atoms with Gasteiger partial charge in [0.25, 0.3) is 0 Å². The summed E-state index contributed by atoms with van der Waals surface area (Å²) >= 11 is 0. The van der Waals surface area contributed by atoms with Gasteiger partial charge in [-0.2, -0.15) is 4.98 Å². The molecule has 0 aliphatic heterocycles. The number of para-hydroxylation sites is 1. The summed E-state index contributed by atoms with van der Waals surface area (Å²) in [6, 6.07) is 14.9. The Morgan fingerprint density at radius 3 is 2.56 bits per heavy atom. The third-order valence-corrected chi connectivity index (χ3v) is 3.93. The first-order valence-corrected chi connectivity index (χ1v) is 8.27. The van der Waals surface area contributed by atoms with Gasteiger partial charge in [0.2, 0.25) is 5.95 Å². The highest BCUT2D eigenvalue weighted by atomic mass is 19.2. The van der Waals surface area contributed by atoms with Gasteiger partial charge >= 0.3 is 0 Å². The molecule has 0 aliphatic carbocycles. The molecule has 0 bridgehead atoms. The molecule has 0 atom stereocenters. The summed E-state index contributed by atoms with van der Waals surface area (Å²) in [6.07, 6.45) is 1.72. The van der Waals surface area contributed by atoms with Crippen LogP contribution in [-0.4, -0.2) is 15.0 Å². The maximum absolute atomic E-state index is 13.4. The van der Waals surface area contributed by atoms with Gasteiger partial charge in [-0.3, -0.25) is 4.98 Å². The van der Waals surface area contributed by atoms with Gasteiger partial charge in [-0.05, 0) is 31.2 Å². The first kappa shape index (κ1) is 16.8. The maximum atomic E-state index is 13.4. The SMILES string of the molecule is Cc1cc(Nc2ccc(F)c(F)c2)nc(Nc2cccc3cccnc23)n1. The number of fused-ring (bicyclic) bond motifs is 1.